The number of halogens is 3. The molecule has 2 aromatic heterocycles. The average molecular weight is 282 g/mol. The molecule has 7 heteroatoms. The summed E-state index contributed by atoms with van der Waals surface area (Å²) < 4.78 is 37.8. The predicted molar refractivity (Wildman–Crippen MR) is 64.2 cm³/mol. The minimum Gasteiger partial charge on any atom is -0.477 e. The molecule has 4 nitrogen and oxygen atoms in total. The molecular formula is C13H9F3N2O2. The van der Waals surface area contributed by atoms with Gasteiger partial charge in [0.2, 0.25) is 0 Å². The van der Waals surface area contributed by atoms with Crippen LogP contribution in [0.4, 0.5) is 13.2 Å². The van der Waals surface area contributed by atoms with E-state index in [-0.39, 0.29) is 11.3 Å². The smallest absolute Gasteiger partial charge is 0.433 e. The number of nitrogens with zero attached hydrogens (tertiary/aromatic N) is 2. The molecule has 0 saturated carbocycles. The summed E-state index contributed by atoms with van der Waals surface area (Å²) >= 11 is 0. The van der Waals surface area contributed by atoms with Gasteiger partial charge in [-0.15, -0.1) is 0 Å². The molecule has 2 heterocycles. The van der Waals surface area contributed by atoms with Crippen LogP contribution in [0.1, 0.15) is 21.9 Å². The van der Waals surface area contributed by atoms with E-state index in [0.717, 1.165) is 12.3 Å². The van der Waals surface area contributed by atoms with Gasteiger partial charge < -0.3 is 5.11 Å². The zero-order valence-electron chi connectivity index (χ0n) is 10.3. The molecule has 20 heavy (non-hydrogen) atoms. The molecule has 0 atom stereocenters. The Labute approximate surface area is 111 Å². The first kappa shape index (κ1) is 14.0. The van der Waals surface area contributed by atoms with Crippen molar-refractivity contribution in [3.63, 3.8) is 0 Å². The molecule has 0 bridgehead atoms. The van der Waals surface area contributed by atoms with E-state index >= 15 is 0 Å². The third-order valence-corrected chi connectivity index (χ3v) is 2.56. The van der Waals surface area contributed by atoms with E-state index in [0.29, 0.717) is 11.3 Å². The maximum atomic E-state index is 12.6. The van der Waals surface area contributed by atoms with E-state index < -0.39 is 17.8 Å². The summed E-state index contributed by atoms with van der Waals surface area (Å²) in [5.74, 6) is -1.24. The van der Waals surface area contributed by atoms with Crippen molar-refractivity contribution in [3.05, 3.63) is 47.5 Å². The van der Waals surface area contributed by atoms with Gasteiger partial charge in [0.25, 0.3) is 0 Å². The van der Waals surface area contributed by atoms with Gasteiger partial charge in [0.05, 0.1) is 0 Å². The summed E-state index contributed by atoms with van der Waals surface area (Å²) in [5.41, 5.74) is -0.250. The summed E-state index contributed by atoms with van der Waals surface area (Å²) in [7, 11) is 0. The fourth-order valence-corrected chi connectivity index (χ4v) is 1.71. The van der Waals surface area contributed by atoms with Gasteiger partial charge >= 0.3 is 12.1 Å². The number of carboxylic acid groups (broad SMARTS) is 1. The molecule has 104 valence electrons. The number of alkyl halides is 3. The Bertz CT molecular complexity index is 669. The number of rotatable bonds is 2. The number of pyridine rings is 2. The third kappa shape index (κ3) is 2.93. The SMILES string of the molecule is Cc1cc(-c2ccnc(C(F)(F)F)c2)cc(C(=O)O)n1. The van der Waals surface area contributed by atoms with Crippen LogP contribution in [0.15, 0.2) is 30.5 Å². The molecule has 0 saturated heterocycles. The van der Waals surface area contributed by atoms with Crippen molar-refractivity contribution < 1.29 is 23.1 Å². The molecule has 0 aliphatic carbocycles. The molecule has 0 fully saturated rings. The highest BCUT2D eigenvalue weighted by Crippen LogP contribution is 2.30. The van der Waals surface area contributed by atoms with Crippen LogP contribution in [-0.2, 0) is 6.18 Å². The lowest BCUT2D eigenvalue weighted by Gasteiger charge is -2.09. The lowest BCUT2D eigenvalue weighted by molar-refractivity contribution is -0.141. The first-order valence-electron chi connectivity index (χ1n) is 5.53. The Morgan fingerprint density at radius 2 is 1.90 bits per heavy atom. The largest absolute Gasteiger partial charge is 0.477 e. The minimum atomic E-state index is -4.55. The standard InChI is InChI=1S/C13H9F3N2O2/c1-7-4-9(5-10(18-7)12(19)20)8-2-3-17-11(6-8)13(14,15)16/h2-6H,1H3,(H,19,20). The quantitative estimate of drug-likeness (QED) is 0.919. The van der Waals surface area contributed by atoms with E-state index in [1.807, 2.05) is 0 Å². The first-order chi connectivity index (χ1) is 9.27. The van der Waals surface area contributed by atoms with Crippen LogP contribution in [0.5, 0.6) is 0 Å². The van der Waals surface area contributed by atoms with Crippen LogP contribution in [-0.4, -0.2) is 21.0 Å². The lowest BCUT2D eigenvalue weighted by Crippen LogP contribution is -2.07. The van der Waals surface area contributed by atoms with E-state index in [2.05, 4.69) is 9.97 Å². The lowest BCUT2D eigenvalue weighted by atomic mass is 10.0. The number of aromatic nitrogens is 2. The van der Waals surface area contributed by atoms with Gasteiger partial charge in [0.15, 0.2) is 0 Å². The number of hydrogen-bond acceptors (Lipinski definition) is 3. The van der Waals surface area contributed by atoms with Crippen molar-refractivity contribution in [2.45, 2.75) is 13.1 Å². The maximum absolute atomic E-state index is 12.6. The van der Waals surface area contributed by atoms with Crippen LogP contribution in [0, 0.1) is 6.92 Å². The Morgan fingerprint density at radius 3 is 2.50 bits per heavy atom. The number of carboxylic acids is 1. The molecule has 2 rings (SSSR count). The molecule has 0 aliphatic rings. The third-order valence-electron chi connectivity index (χ3n) is 2.56. The Balaban J connectivity index is 2.54. The molecule has 0 spiro atoms. The van der Waals surface area contributed by atoms with Gasteiger partial charge in [-0.3, -0.25) is 4.98 Å². The zero-order chi connectivity index (χ0) is 14.9. The van der Waals surface area contributed by atoms with E-state index in [4.69, 9.17) is 5.11 Å². The molecule has 0 aliphatic heterocycles. The van der Waals surface area contributed by atoms with E-state index in [1.165, 1.54) is 18.2 Å². The highest BCUT2D eigenvalue weighted by atomic mass is 19.4. The van der Waals surface area contributed by atoms with Crippen LogP contribution in [0.3, 0.4) is 0 Å². The second-order valence-electron chi connectivity index (χ2n) is 4.12. The van der Waals surface area contributed by atoms with Gasteiger partial charge in [-0.2, -0.15) is 13.2 Å². The predicted octanol–water partition coefficient (Wildman–Crippen LogP) is 3.17. The number of aryl methyl sites for hydroxylation is 1. The average Bonchev–Trinajstić information content (AvgIpc) is 2.37. The maximum Gasteiger partial charge on any atom is 0.433 e. The summed E-state index contributed by atoms with van der Waals surface area (Å²) in [5, 5.41) is 8.91. The Hall–Kier alpha value is -2.44. The normalized spacial score (nSPS) is 11.4. The molecule has 0 amide bonds. The summed E-state index contributed by atoms with van der Waals surface area (Å²) in [4.78, 5) is 18.0. The van der Waals surface area contributed by atoms with Gasteiger partial charge in [0.1, 0.15) is 11.4 Å². The molecule has 0 unspecified atom stereocenters. The molecule has 1 N–H and O–H groups in total. The van der Waals surface area contributed by atoms with Crippen molar-refractivity contribution in [3.8, 4) is 11.1 Å². The number of aromatic carboxylic acids is 1. The number of carbonyl (C=O) groups is 1. The van der Waals surface area contributed by atoms with Crippen LogP contribution in [0.2, 0.25) is 0 Å². The summed E-state index contributed by atoms with van der Waals surface area (Å²) in [6.45, 7) is 1.57. The summed E-state index contributed by atoms with van der Waals surface area (Å²) in [6.07, 6.45) is -3.51. The van der Waals surface area contributed by atoms with E-state index in [1.54, 1.807) is 6.92 Å². The Kier molecular flexibility index (Phi) is 3.44. The van der Waals surface area contributed by atoms with Gasteiger partial charge in [-0.05, 0) is 42.3 Å². The Morgan fingerprint density at radius 1 is 1.20 bits per heavy atom. The van der Waals surface area contributed by atoms with Crippen LogP contribution >= 0.6 is 0 Å². The fourth-order valence-electron chi connectivity index (χ4n) is 1.71. The highest BCUT2D eigenvalue weighted by Gasteiger charge is 2.32. The van der Waals surface area contributed by atoms with Crippen LogP contribution in [0.25, 0.3) is 11.1 Å². The number of hydrogen-bond donors (Lipinski definition) is 1. The molecule has 0 radical (unpaired) electrons. The molecular weight excluding hydrogens is 273 g/mol. The van der Waals surface area contributed by atoms with Crippen molar-refractivity contribution >= 4 is 5.97 Å². The van der Waals surface area contributed by atoms with Gasteiger partial charge in [-0.1, -0.05) is 0 Å². The van der Waals surface area contributed by atoms with Crippen molar-refractivity contribution in [1.82, 2.24) is 9.97 Å². The van der Waals surface area contributed by atoms with Crippen molar-refractivity contribution in [2.75, 3.05) is 0 Å². The topological polar surface area (TPSA) is 63.1 Å². The van der Waals surface area contributed by atoms with E-state index in [9.17, 15) is 18.0 Å². The minimum absolute atomic E-state index is 0.217. The zero-order valence-corrected chi connectivity index (χ0v) is 10.3. The highest BCUT2D eigenvalue weighted by molar-refractivity contribution is 5.87. The molecule has 0 aromatic carbocycles. The van der Waals surface area contributed by atoms with Gasteiger partial charge in [0, 0.05) is 11.9 Å². The monoisotopic (exact) mass is 282 g/mol. The van der Waals surface area contributed by atoms with Gasteiger partial charge in [-0.25, -0.2) is 9.78 Å². The first-order valence-corrected chi connectivity index (χ1v) is 5.53. The second-order valence-corrected chi connectivity index (χ2v) is 4.12. The fraction of sp³-hybridized carbons (Fsp3) is 0.154. The molecule has 2 aromatic rings. The second kappa shape index (κ2) is 4.92. The van der Waals surface area contributed by atoms with Crippen molar-refractivity contribution in [2.24, 2.45) is 0 Å². The van der Waals surface area contributed by atoms with Crippen LogP contribution < -0.4 is 0 Å². The summed E-state index contributed by atoms with van der Waals surface area (Å²) in [6, 6.07) is 5.00. The van der Waals surface area contributed by atoms with Crippen molar-refractivity contribution in [1.29, 1.82) is 0 Å².